The van der Waals surface area contributed by atoms with E-state index in [0.717, 1.165) is 22.0 Å². The quantitative estimate of drug-likeness (QED) is 0.888. The third-order valence-electron chi connectivity index (χ3n) is 3.15. The first kappa shape index (κ1) is 11.4. The Bertz CT molecular complexity index is 759. The van der Waals surface area contributed by atoms with Gasteiger partial charge in [0.1, 0.15) is 0 Å². The molecule has 0 aliphatic carbocycles. The van der Waals surface area contributed by atoms with Crippen LogP contribution in [-0.4, -0.2) is 17.0 Å². The fourth-order valence-electron chi connectivity index (χ4n) is 2.21. The zero-order valence-corrected chi connectivity index (χ0v) is 10.2. The molecule has 0 fully saturated rings. The maximum absolute atomic E-state index is 11.4. The normalized spacial score (nSPS) is 14.5. The summed E-state index contributed by atoms with van der Waals surface area (Å²) in [6.45, 7) is 0. The molecule has 0 atom stereocenters. The van der Waals surface area contributed by atoms with Crippen LogP contribution in [0, 0.1) is 11.3 Å². The van der Waals surface area contributed by atoms with E-state index >= 15 is 0 Å². The number of carbonyl (C=O) groups excluding carboxylic acids is 1. The Morgan fingerprint density at radius 3 is 3.11 bits per heavy atom. The van der Waals surface area contributed by atoms with Gasteiger partial charge < -0.3 is 4.98 Å². The zero-order chi connectivity index (χ0) is 13.2. The van der Waals surface area contributed by atoms with E-state index in [-0.39, 0.29) is 5.78 Å². The minimum Gasteiger partial charge on any atom is -0.361 e. The number of allylic oxidation sites excluding steroid dienone is 1. The van der Waals surface area contributed by atoms with Gasteiger partial charge in [0, 0.05) is 41.4 Å². The summed E-state index contributed by atoms with van der Waals surface area (Å²) in [4.78, 5) is 18.8. The van der Waals surface area contributed by atoms with Crippen molar-refractivity contribution >= 4 is 28.6 Å². The van der Waals surface area contributed by atoms with Gasteiger partial charge in [-0.15, -0.1) is 0 Å². The van der Waals surface area contributed by atoms with Crippen molar-refractivity contribution in [1.29, 1.82) is 5.26 Å². The maximum Gasteiger partial charge on any atom is 0.163 e. The van der Waals surface area contributed by atoms with E-state index in [2.05, 4.69) is 16.0 Å². The van der Waals surface area contributed by atoms with E-state index < -0.39 is 0 Å². The third kappa shape index (κ3) is 2.06. The van der Waals surface area contributed by atoms with Crippen molar-refractivity contribution in [1.82, 2.24) is 4.98 Å². The lowest BCUT2D eigenvalue weighted by Gasteiger charge is -2.06. The number of hydrogen-bond donors (Lipinski definition) is 1. The van der Waals surface area contributed by atoms with Crippen LogP contribution in [0.1, 0.15) is 17.5 Å². The average Bonchev–Trinajstić information content (AvgIpc) is 2.82. The van der Waals surface area contributed by atoms with Crippen LogP contribution in [0.3, 0.4) is 0 Å². The lowest BCUT2D eigenvalue weighted by molar-refractivity contribution is -0.113. The van der Waals surface area contributed by atoms with E-state index in [1.54, 1.807) is 12.3 Å². The molecular weight excluding hydrogens is 238 g/mol. The Labute approximate surface area is 110 Å². The Kier molecular flexibility index (Phi) is 2.73. The molecule has 0 spiro atoms. The molecule has 1 aromatic carbocycles. The lowest BCUT2D eigenvalue weighted by Crippen LogP contribution is -2.00. The molecule has 0 saturated heterocycles. The van der Waals surface area contributed by atoms with Crippen LogP contribution >= 0.6 is 0 Å². The fraction of sp³-hybridized carbons (Fsp3) is 0.133. The van der Waals surface area contributed by atoms with Crippen LogP contribution in [0.15, 0.2) is 35.5 Å². The minimum absolute atomic E-state index is 0.0661. The number of aromatic nitrogens is 1. The lowest BCUT2D eigenvalue weighted by atomic mass is 10.0. The summed E-state index contributed by atoms with van der Waals surface area (Å²) < 4.78 is 0. The summed E-state index contributed by atoms with van der Waals surface area (Å²) in [6.07, 6.45) is 5.79. The number of aliphatic imine (C=N–C) groups is 1. The highest BCUT2D eigenvalue weighted by Gasteiger charge is 2.10. The average molecular weight is 249 g/mol. The number of rotatable bonds is 2. The molecule has 4 nitrogen and oxygen atoms in total. The smallest absolute Gasteiger partial charge is 0.163 e. The highest BCUT2D eigenvalue weighted by Crippen LogP contribution is 2.25. The number of carbonyl (C=O) groups is 1. The van der Waals surface area contributed by atoms with Gasteiger partial charge in [-0.05, 0) is 17.7 Å². The van der Waals surface area contributed by atoms with Crippen LogP contribution in [0.25, 0.3) is 16.6 Å². The van der Waals surface area contributed by atoms with Gasteiger partial charge in [0.15, 0.2) is 5.78 Å². The second kappa shape index (κ2) is 4.54. The number of aromatic amines is 1. The van der Waals surface area contributed by atoms with Crippen LogP contribution in [0.4, 0.5) is 0 Å². The summed E-state index contributed by atoms with van der Waals surface area (Å²) in [5.41, 5.74) is 3.53. The molecule has 0 amide bonds. The standard InChI is InChI=1S/C15H11N3O/c16-5-3-11-9-18-14-2-1-10(7-13(11)14)15-8-12(19)4-6-17-15/h1-2,6-9,18H,3-4H2. The van der Waals surface area contributed by atoms with Crippen molar-refractivity contribution in [2.75, 3.05) is 0 Å². The molecule has 0 bridgehead atoms. The second-order valence-electron chi connectivity index (χ2n) is 4.42. The van der Waals surface area contributed by atoms with Crippen molar-refractivity contribution in [3.63, 3.8) is 0 Å². The number of nitriles is 1. The molecule has 0 radical (unpaired) electrons. The molecule has 19 heavy (non-hydrogen) atoms. The van der Waals surface area contributed by atoms with Crippen molar-refractivity contribution in [2.45, 2.75) is 12.8 Å². The largest absolute Gasteiger partial charge is 0.361 e. The first-order chi connectivity index (χ1) is 9.28. The predicted octanol–water partition coefficient (Wildman–Crippen LogP) is 2.62. The molecule has 1 aliphatic rings. The van der Waals surface area contributed by atoms with Crippen molar-refractivity contribution in [3.05, 3.63) is 41.6 Å². The topological polar surface area (TPSA) is 69.0 Å². The van der Waals surface area contributed by atoms with Crippen molar-refractivity contribution in [3.8, 4) is 6.07 Å². The third-order valence-corrected chi connectivity index (χ3v) is 3.15. The van der Waals surface area contributed by atoms with Gasteiger partial charge in [0.05, 0.1) is 18.2 Å². The van der Waals surface area contributed by atoms with E-state index in [1.165, 1.54) is 0 Å². The highest BCUT2D eigenvalue weighted by molar-refractivity contribution is 6.07. The van der Waals surface area contributed by atoms with E-state index in [9.17, 15) is 4.79 Å². The molecular formula is C15H11N3O. The number of nitrogens with one attached hydrogen (secondary N) is 1. The SMILES string of the molecule is N#CCc1c[nH]c2ccc(C3=CC(=O)CC=N3)cc12. The van der Waals surface area contributed by atoms with Gasteiger partial charge in [0.2, 0.25) is 0 Å². The summed E-state index contributed by atoms with van der Waals surface area (Å²) in [5.74, 6) is 0.0661. The summed E-state index contributed by atoms with van der Waals surface area (Å²) in [7, 11) is 0. The molecule has 4 heteroatoms. The maximum atomic E-state index is 11.4. The van der Waals surface area contributed by atoms with E-state index in [1.807, 2.05) is 24.4 Å². The Balaban J connectivity index is 2.11. The van der Waals surface area contributed by atoms with Gasteiger partial charge >= 0.3 is 0 Å². The molecule has 1 aliphatic heterocycles. The number of fused-ring (bicyclic) bond motifs is 1. The van der Waals surface area contributed by atoms with Crippen molar-refractivity contribution in [2.24, 2.45) is 4.99 Å². The summed E-state index contributed by atoms with van der Waals surface area (Å²) >= 11 is 0. The molecule has 1 aromatic heterocycles. The highest BCUT2D eigenvalue weighted by atomic mass is 16.1. The first-order valence-corrected chi connectivity index (χ1v) is 6.02. The van der Waals surface area contributed by atoms with Crippen LogP contribution < -0.4 is 0 Å². The Morgan fingerprint density at radius 2 is 2.32 bits per heavy atom. The van der Waals surface area contributed by atoms with Gasteiger partial charge in [-0.25, -0.2) is 0 Å². The van der Waals surface area contributed by atoms with Crippen LogP contribution in [0.5, 0.6) is 0 Å². The van der Waals surface area contributed by atoms with Crippen molar-refractivity contribution < 1.29 is 4.79 Å². The van der Waals surface area contributed by atoms with Gasteiger partial charge in [0.25, 0.3) is 0 Å². The predicted molar refractivity (Wildman–Crippen MR) is 73.7 cm³/mol. The van der Waals surface area contributed by atoms with Gasteiger partial charge in [-0.1, -0.05) is 6.07 Å². The second-order valence-corrected chi connectivity index (χ2v) is 4.42. The molecule has 3 rings (SSSR count). The van der Waals surface area contributed by atoms with E-state index in [4.69, 9.17) is 5.26 Å². The molecule has 92 valence electrons. The summed E-state index contributed by atoms with van der Waals surface area (Å²) in [6, 6.07) is 8.00. The number of nitrogens with zero attached hydrogens (tertiary/aromatic N) is 2. The molecule has 2 heterocycles. The molecule has 0 unspecified atom stereocenters. The fourth-order valence-corrected chi connectivity index (χ4v) is 2.21. The number of H-pyrrole nitrogens is 1. The van der Waals surface area contributed by atoms with Crippen LogP contribution in [-0.2, 0) is 11.2 Å². The van der Waals surface area contributed by atoms with Crippen LogP contribution in [0.2, 0.25) is 0 Å². The monoisotopic (exact) mass is 249 g/mol. The number of hydrogen-bond acceptors (Lipinski definition) is 3. The molecule has 2 aromatic rings. The molecule has 1 N–H and O–H groups in total. The van der Waals surface area contributed by atoms with E-state index in [0.29, 0.717) is 18.5 Å². The zero-order valence-electron chi connectivity index (χ0n) is 10.2. The number of benzene rings is 1. The molecule has 0 saturated carbocycles. The first-order valence-electron chi connectivity index (χ1n) is 6.02. The Morgan fingerprint density at radius 1 is 1.42 bits per heavy atom. The number of ketones is 1. The summed E-state index contributed by atoms with van der Waals surface area (Å²) in [5, 5.41) is 9.81. The minimum atomic E-state index is 0.0661. The van der Waals surface area contributed by atoms with Gasteiger partial charge in [-0.2, -0.15) is 5.26 Å². The Hall–Kier alpha value is -2.67. The van der Waals surface area contributed by atoms with Gasteiger partial charge in [-0.3, -0.25) is 9.79 Å².